The van der Waals surface area contributed by atoms with Gasteiger partial charge in [-0.05, 0) is 31.2 Å². The summed E-state index contributed by atoms with van der Waals surface area (Å²) in [6.45, 7) is 2.00. The minimum Gasteiger partial charge on any atom is -0.464 e. The third-order valence-corrected chi connectivity index (χ3v) is 3.99. The molecule has 0 atom stereocenters. The number of esters is 1. The molecule has 0 unspecified atom stereocenters. The number of nitrogens with zero attached hydrogens (tertiary/aromatic N) is 1. The third-order valence-electron chi connectivity index (χ3n) is 2.99. The lowest BCUT2D eigenvalue weighted by atomic mass is 10.2. The first-order chi connectivity index (χ1) is 10.2. The van der Waals surface area contributed by atoms with Gasteiger partial charge in [-0.2, -0.15) is 0 Å². The number of methoxy groups -OCH3 is 1. The van der Waals surface area contributed by atoms with Crippen LogP contribution in [-0.4, -0.2) is 18.1 Å². The van der Waals surface area contributed by atoms with E-state index in [4.69, 9.17) is 9.15 Å². The van der Waals surface area contributed by atoms with Crippen LogP contribution in [0.3, 0.4) is 0 Å². The normalized spacial score (nSPS) is 10.6. The van der Waals surface area contributed by atoms with Crippen molar-refractivity contribution in [1.29, 1.82) is 0 Å². The molecular weight excluding hydrogens is 286 g/mol. The zero-order chi connectivity index (χ0) is 14.8. The first kappa shape index (κ1) is 13.6. The lowest BCUT2D eigenvalue weighted by Gasteiger charge is -1.95. The van der Waals surface area contributed by atoms with Crippen molar-refractivity contribution in [3.05, 3.63) is 53.0 Å². The van der Waals surface area contributed by atoms with Gasteiger partial charge in [0, 0.05) is 10.4 Å². The van der Waals surface area contributed by atoms with Crippen molar-refractivity contribution in [1.82, 2.24) is 4.98 Å². The van der Waals surface area contributed by atoms with Crippen molar-refractivity contribution in [3.63, 3.8) is 0 Å². The number of rotatable bonds is 3. The molecule has 0 aliphatic rings. The van der Waals surface area contributed by atoms with E-state index in [1.807, 2.05) is 49.4 Å². The Morgan fingerprint density at radius 2 is 1.95 bits per heavy atom. The van der Waals surface area contributed by atoms with Crippen molar-refractivity contribution in [3.8, 4) is 22.1 Å². The molecule has 3 aromatic rings. The third kappa shape index (κ3) is 2.60. The lowest BCUT2D eigenvalue weighted by molar-refractivity contribution is 0.0595. The summed E-state index contributed by atoms with van der Waals surface area (Å²) in [4.78, 5) is 18.2. The maximum Gasteiger partial charge on any atom is 0.360 e. The van der Waals surface area contributed by atoms with E-state index in [1.54, 1.807) is 11.3 Å². The summed E-state index contributed by atoms with van der Waals surface area (Å²) in [5.41, 5.74) is 1.03. The molecule has 3 rings (SSSR count). The number of aromatic nitrogens is 1. The second kappa shape index (κ2) is 5.54. The second-order valence-corrected chi connectivity index (χ2v) is 5.75. The molecule has 21 heavy (non-hydrogen) atoms. The highest BCUT2D eigenvalue weighted by Gasteiger charge is 2.23. The van der Waals surface area contributed by atoms with Gasteiger partial charge in [-0.3, -0.25) is 0 Å². The molecule has 0 radical (unpaired) electrons. The molecule has 1 aromatic carbocycles. The molecule has 4 nitrogen and oxygen atoms in total. The summed E-state index contributed by atoms with van der Waals surface area (Å²) < 4.78 is 10.6. The fraction of sp³-hybridized carbons (Fsp3) is 0.125. The van der Waals surface area contributed by atoms with Crippen molar-refractivity contribution >= 4 is 17.3 Å². The highest BCUT2D eigenvalue weighted by Crippen LogP contribution is 2.34. The average Bonchev–Trinajstić information content (AvgIpc) is 3.13. The summed E-state index contributed by atoms with van der Waals surface area (Å²) in [6.07, 6.45) is 0. The van der Waals surface area contributed by atoms with Crippen LogP contribution in [0.1, 0.15) is 15.4 Å². The van der Waals surface area contributed by atoms with Gasteiger partial charge in [-0.1, -0.05) is 18.2 Å². The lowest BCUT2D eigenvalue weighted by Crippen LogP contribution is -2.03. The smallest absolute Gasteiger partial charge is 0.360 e. The van der Waals surface area contributed by atoms with Gasteiger partial charge < -0.3 is 9.15 Å². The zero-order valence-electron chi connectivity index (χ0n) is 11.6. The quantitative estimate of drug-likeness (QED) is 0.681. The molecule has 0 bridgehead atoms. The van der Waals surface area contributed by atoms with Gasteiger partial charge in [0.05, 0.1) is 12.0 Å². The van der Waals surface area contributed by atoms with Crippen LogP contribution in [0.4, 0.5) is 0 Å². The monoisotopic (exact) mass is 299 g/mol. The van der Waals surface area contributed by atoms with E-state index in [1.165, 1.54) is 7.11 Å². The molecular formula is C16H13NO3S. The Labute approximate surface area is 126 Å². The number of hydrogen-bond acceptors (Lipinski definition) is 5. The summed E-state index contributed by atoms with van der Waals surface area (Å²) >= 11 is 1.55. The van der Waals surface area contributed by atoms with Gasteiger partial charge in [0.15, 0.2) is 11.5 Å². The molecule has 0 saturated heterocycles. The first-order valence-corrected chi connectivity index (χ1v) is 7.22. The maximum atomic E-state index is 11.9. The number of carbonyl (C=O) groups is 1. The van der Waals surface area contributed by atoms with E-state index in [9.17, 15) is 4.79 Å². The molecule has 0 amide bonds. The molecule has 106 valence electrons. The predicted molar refractivity (Wildman–Crippen MR) is 81.3 cm³/mol. The van der Waals surface area contributed by atoms with Crippen molar-refractivity contribution in [2.24, 2.45) is 0 Å². The maximum absolute atomic E-state index is 11.9. The Kier molecular flexibility index (Phi) is 3.58. The molecule has 0 aliphatic carbocycles. The Morgan fingerprint density at radius 1 is 1.19 bits per heavy atom. The molecule has 0 fully saturated rings. The summed E-state index contributed by atoms with van der Waals surface area (Å²) in [6, 6.07) is 13.4. The number of aryl methyl sites for hydroxylation is 1. The van der Waals surface area contributed by atoms with Crippen LogP contribution in [0.15, 0.2) is 46.9 Å². The molecule has 0 saturated carbocycles. The van der Waals surface area contributed by atoms with Crippen LogP contribution >= 0.6 is 11.3 Å². The topological polar surface area (TPSA) is 52.3 Å². The SMILES string of the molecule is COC(=O)c1nc(-c2ccccc2)oc1-c1ccc(C)s1. The molecule has 2 aromatic heterocycles. The summed E-state index contributed by atoms with van der Waals surface area (Å²) in [5.74, 6) is 0.373. The van der Waals surface area contributed by atoms with Crippen LogP contribution in [0.2, 0.25) is 0 Å². The minimum atomic E-state index is -0.498. The first-order valence-electron chi connectivity index (χ1n) is 6.40. The molecule has 0 spiro atoms. The van der Waals surface area contributed by atoms with E-state index in [0.29, 0.717) is 11.7 Å². The van der Waals surface area contributed by atoms with E-state index in [0.717, 1.165) is 15.3 Å². The largest absolute Gasteiger partial charge is 0.464 e. The van der Waals surface area contributed by atoms with E-state index in [2.05, 4.69) is 4.98 Å². The molecule has 0 aliphatic heterocycles. The number of thiophene rings is 1. The fourth-order valence-electron chi connectivity index (χ4n) is 1.98. The standard InChI is InChI=1S/C16H13NO3S/c1-10-8-9-12(21-10)14-13(16(18)19-2)17-15(20-14)11-6-4-3-5-7-11/h3-9H,1-2H3. The van der Waals surface area contributed by atoms with Gasteiger partial charge in [0.25, 0.3) is 0 Å². The summed E-state index contributed by atoms with van der Waals surface area (Å²) in [5, 5.41) is 0. The van der Waals surface area contributed by atoms with E-state index >= 15 is 0 Å². The summed E-state index contributed by atoms with van der Waals surface area (Å²) in [7, 11) is 1.34. The van der Waals surface area contributed by atoms with Gasteiger partial charge in [-0.15, -0.1) is 11.3 Å². The van der Waals surface area contributed by atoms with Crippen LogP contribution in [0.25, 0.3) is 22.1 Å². The van der Waals surface area contributed by atoms with Crippen LogP contribution in [0, 0.1) is 6.92 Å². The fourth-order valence-corrected chi connectivity index (χ4v) is 2.83. The number of benzene rings is 1. The molecule has 0 N–H and O–H groups in total. The number of carbonyl (C=O) groups excluding carboxylic acids is 1. The Balaban J connectivity index is 2.14. The van der Waals surface area contributed by atoms with E-state index in [-0.39, 0.29) is 5.69 Å². The van der Waals surface area contributed by atoms with Crippen LogP contribution in [-0.2, 0) is 4.74 Å². The van der Waals surface area contributed by atoms with Gasteiger partial charge in [0.2, 0.25) is 5.89 Å². The number of oxazole rings is 1. The van der Waals surface area contributed by atoms with Crippen LogP contribution in [0.5, 0.6) is 0 Å². The minimum absolute atomic E-state index is 0.207. The highest BCUT2D eigenvalue weighted by atomic mass is 32.1. The second-order valence-electron chi connectivity index (χ2n) is 4.46. The predicted octanol–water partition coefficient (Wildman–Crippen LogP) is 4.17. The van der Waals surface area contributed by atoms with Gasteiger partial charge >= 0.3 is 5.97 Å². The highest BCUT2D eigenvalue weighted by molar-refractivity contribution is 7.15. The molecule has 2 heterocycles. The Hall–Kier alpha value is -2.40. The average molecular weight is 299 g/mol. The van der Waals surface area contributed by atoms with E-state index < -0.39 is 5.97 Å². The zero-order valence-corrected chi connectivity index (χ0v) is 12.4. The van der Waals surface area contributed by atoms with Gasteiger partial charge in [-0.25, -0.2) is 9.78 Å². The molecule has 5 heteroatoms. The van der Waals surface area contributed by atoms with Gasteiger partial charge in [0.1, 0.15) is 0 Å². The van der Waals surface area contributed by atoms with Crippen LogP contribution < -0.4 is 0 Å². The van der Waals surface area contributed by atoms with Crippen molar-refractivity contribution in [2.75, 3.05) is 7.11 Å². The number of ether oxygens (including phenoxy) is 1. The number of hydrogen-bond donors (Lipinski definition) is 0. The Bertz CT molecular complexity index is 774. The Morgan fingerprint density at radius 3 is 2.57 bits per heavy atom. The van der Waals surface area contributed by atoms with Crippen molar-refractivity contribution in [2.45, 2.75) is 6.92 Å². The van der Waals surface area contributed by atoms with Crippen molar-refractivity contribution < 1.29 is 13.9 Å².